The fourth-order valence-electron chi connectivity index (χ4n) is 6.72. The van der Waals surface area contributed by atoms with Crippen LogP contribution >= 0.6 is 0 Å². The Hall–Kier alpha value is -1.80. The zero-order valence-electron chi connectivity index (χ0n) is 30.0. The fourth-order valence-corrected chi connectivity index (χ4v) is 6.72. The van der Waals surface area contributed by atoms with Crippen molar-refractivity contribution >= 4 is 0 Å². The summed E-state index contributed by atoms with van der Waals surface area (Å²) in [7, 11) is 0. The van der Waals surface area contributed by atoms with Crippen molar-refractivity contribution in [1.82, 2.24) is 16.0 Å². The number of hydrogen-bond acceptors (Lipinski definition) is 6. The van der Waals surface area contributed by atoms with Crippen molar-refractivity contribution in [3.05, 3.63) is 71.8 Å². The van der Waals surface area contributed by atoms with Crippen LogP contribution in [0.15, 0.2) is 60.7 Å². The molecule has 0 spiro atoms. The number of ether oxygens (including phenoxy) is 3. The van der Waals surface area contributed by atoms with E-state index in [4.69, 9.17) is 14.2 Å². The van der Waals surface area contributed by atoms with Crippen LogP contribution in [-0.4, -0.2) is 61.7 Å². The van der Waals surface area contributed by atoms with Crippen LogP contribution in [0.4, 0.5) is 0 Å². The van der Waals surface area contributed by atoms with Gasteiger partial charge in [0, 0.05) is 49.5 Å². The van der Waals surface area contributed by atoms with Crippen molar-refractivity contribution in [2.75, 3.05) is 13.2 Å². The van der Waals surface area contributed by atoms with E-state index < -0.39 is 0 Å². The zero-order chi connectivity index (χ0) is 33.0. The van der Waals surface area contributed by atoms with Gasteiger partial charge >= 0.3 is 0 Å². The Morgan fingerprint density at radius 1 is 0.543 bits per heavy atom. The van der Waals surface area contributed by atoms with Crippen molar-refractivity contribution in [3.8, 4) is 0 Å². The molecule has 6 nitrogen and oxygen atoms in total. The first kappa shape index (κ1) is 38.6. The van der Waals surface area contributed by atoms with Gasteiger partial charge in [-0.15, -0.1) is 0 Å². The monoisotopic (exact) mass is 638 g/mol. The largest absolute Gasteiger partial charge is 0.381 e. The van der Waals surface area contributed by atoms with Gasteiger partial charge in [-0.3, -0.25) is 0 Å². The Kier molecular flexibility index (Phi) is 19.1. The minimum absolute atomic E-state index is 0.376. The molecule has 2 aromatic rings. The van der Waals surface area contributed by atoms with Gasteiger partial charge in [0.2, 0.25) is 0 Å². The Labute approximate surface area is 282 Å². The highest BCUT2D eigenvalue weighted by Crippen LogP contribution is 2.24. The predicted molar refractivity (Wildman–Crippen MR) is 193 cm³/mol. The molecule has 0 bridgehead atoms. The minimum atomic E-state index is 0.376. The van der Waals surface area contributed by atoms with E-state index in [1.807, 2.05) is 12.1 Å². The molecule has 46 heavy (non-hydrogen) atoms. The van der Waals surface area contributed by atoms with Crippen LogP contribution in [0.1, 0.15) is 117 Å². The van der Waals surface area contributed by atoms with E-state index in [0.29, 0.717) is 48.5 Å². The summed E-state index contributed by atoms with van der Waals surface area (Å²) in [4.78, 5) is 0. The molecule has 1 saturated heterocycles. The quantitative estimate of drug-likeness (QED) is 0.218. The first-order valence-corrected chi connectivity index (χ1v) is 18.5. The van der Waals surface area contributed by atoms with Gasteiger partial charge in [-0.25, -0.2) is 0 Å². The molecule has 3 fully saturated rings. The van der Waals surface area contributed by atoms with Crippen LogP contribution in [0, 0.1) is 0 Å². The van der Waals surface area contributed by atoms with Gasteiger partial charge in [0.25, 0.3) is 0 Å². The van der Waals surface area contributed by atoms with Crippen LogP contribution in [0.2, 0.25) is 0 Å². The maximum atomic E-state index is 6.12. The molecule has 3 aliphatic rings. The van der Waals surface area contributed by atoms with Gasteiger partial charge < -0.3 is 30.2 Å². The first-order chi connectivity index (χ1) is 22.3. The van der Waals surface area contributed by atoms with Gasteiger partial charge in [-0.1, -0.05) is 128 Å². The second kappa shape index (κ2) is 22.7. The molecular formula is C40H67N3O3. The molecule has 2 aliphatic carbocycles. The molecule has 6 heteroatoms. The Balaban J connectivity index is 0.000000196. The van der Waals surface area contributed by atoms with E-state index in [-0.39, 0.29) is 0 Å². The third-order valence-electron chi connectivity index (χ3n) is 8.90. The predicted octanol–water partition coefficient (Wildman–Crippen LogP) is 8.19. The lowest BCUT2D eigenvalue weighted by Crippen LogP contribution is -2.46. The van der Waals surface area contributed by atoms with Crippen LogP contribution in [0.3, 0.4) is 0 Å². The summed E-state index contributed by atoms with van der Waals surface area (Å²) < 4.78 is 17.5. The van der Waals surface area contributed by atoms with Crippen molar-refractivity contribution in [2.24, 2.45) is 0 Å². The highest BCUT2D eigenvalue weighted by Gasteiger charge is 2.27. The minimum Gasteiger partial charge on any atom is -0.381 e. The Morgan fingerprint density at radius 3 is 1.33 bits per heavy atom. The van der Waals surface area contributed by atoms with Gasteiger partial charge in [-0.05, 0) is 49.7 Å². The van der Waals surface area contributed by atoms with Gasteiger partial charge in [0.15, 0.2) is 0 Å². The molecule has 0 unspecified atom stereocenters. The molecule has 0 amide bonds. The maximum absolute atomic E-state index is 6.12. The Bertz CT molecular complexity index is 928. The van der Waals surface area contributed by atoms with Gasteiger partial charge in [0.1, 0.15) is 0 Å². The molecule has 1 aliphatic heterocycles. The molecule has 0 aromatic heterocycles. The summed E-state index contributed by atoms with van der Waals surface area (Å²) in [6.45, 7) is 16.6. The van der Waals surface area contributed by atoms with E-state index >= 15 is 0 Å². The summed E-state index contributed by atoms with van der Waals surface area (Å²) in [6, 6.07) is 24.4. The van der Waals surface area contributed by atoms with Crippen molar-refractivity contribution in [2.45, 2.75) is 167 Å². The van der Waals surface area contributed by atoms with Crippen LogP contribution in [-0.2, 0) is 27.4 Å². The summed E-state index contributed by atoms with van der Waals surface area (Å²) in [6.07, 6.45) is 13.2. The van der Waals surface area contributed by atoms with Crippen LogP contribution < -0.4 is 16.0 Å². The van der Waals surface area contributed by atoms with Crippen molar-refractivity contribution < 1.29 is 14.2 Å². The summed E-state index contributed by atoms with van der Waals surface area (Å²) in [5.74, 6) is 0. The maximum Gasteiger partial charge on any atom is 0.0732 e. The lowest BCUT2D eigenvalue weighted by molar-refractivity contribution is -0.00744. The van der Waals surface area contributed by atoms with E-state index in [9.17, 15) is 0 Å². The number of hydrogen-bond donors (Lipinski definition) is 3. The topological polar surface area (TPSA) is 63.8 Å². The van der Waals surface area contributed by atoms with E-state index in [0.717, 1.165) is 26.4 Å². The molecule has 4 atom stereocenters. The van der Waals surface area contributed by atoms with Crippen LogP contribution in [0.5, 0.6) is 0 Å². The van der Waals surface area contributed by atoms with E-state index in [1.54, 1.807) is 0 Å². The summed E-state index contributed by atoms with van der Waals surface area (Å²) >= 11 is 0. The highest BCUT2D eigenvalue weighted by atomic mass is 16.5. The number of benzene rings is 2. The average Bonchev–Trinajstić information content (AvgIpc) is 3.05. The lowest BCUT2D eigenvalue weighted by Gasteiger charge is -2.33. The second-order valence-corrected chi connectivity index (χ2v) is 14.3. The zero-order valence-corrected chi connectivity index (χ0v) is 30.0. The van der Waals surface area contributed by atoms with Gasteiger partial charge in [0.05, 0.1) is 25.4 Å². The lowest BCUT2D eigenvalue weighted by atomic mass is 9.92. The molecule has 3 N–H and O–H groups in total. The van der Waals surface area contributed by atoms with Crippen LogP contribution in [0.25, 0.3) is 0 Å². The molecule has 5 rings (SSSR count). The average molecular weight is 638 g/mol. The van der Waals surface area contributed by atoms with Gasteiger partial charge in [-0.2, -0.15) is 0 Å². The molecule has 2 aromatic carbocycles. The SMILES string of the molecule is CC(C)NC1CCOCC1.CC(C)N[C@@H]1CCCC[C@H]1OCc1ccccc1.CC(C)N[C@H]1CCCC[C@@H]1OCc1ccccc1. The van der Waals surface area contributed by atoms with E-state index in [2.05, 4.69) is 106 Å². The molecule has 1 heterocycles. The third-order valence-corrected chi connectivity index (χ3v) is 8.90. The molecular weight excluding hydrogens is 570 g/mol. The smallest absolute Gasteiger partial charge is 0.0732 e. The summed E-state index contributed by atoms with van der Waals surface area (Å²) in [5, 5.41) is 10.8. The molecule has 0 radical (unpaired) electrons. The van der Waals surface area contributed by atoms with E-state index in [1.165, 1.54) is 75.3 Å². The number of nitrogens with one attached hydrogen (secondary N) is 3. The molecule has 260 valence electrons. The standard InChI is InChI=1S/2C16H25NO.C8H17NO/c2*1-13(2)17-15-10-6-7-11-16(15)18-12-14-8-4-3-5-9-14;1-7(2)9-8-3-5-10-6-4-8/h2*3-5,8-9,13,15-17H,6-7,10-12H2,1-2H3;7-9H,3-6H2,1-2H3/t2*15-,16-;/m10./s1. The van der Waals surface area contributed by atoms with Crippen molar-refractivity contribution in [1.29, 1.82) is 0 Å². The second-order valence-electron chi connectivity index (χ2n) is 14.3. The highest BCUT2D eigenvalue weighted by molar-refractivity contribution is 5.14. The first-order valence-electron chi connectivity index (χ1n) is 18.5. The fraction of sp³-hybridized carbons (Fsp3) is 0.700. The Morgan fingerprint density at radius 2 is 0.935 bits per heavy atom. The third kappa shape index (κ3) is 16.3. The summed E-state index contributed by atoms with van der Waals surface area (Å²) in [5.41, 5.74) is 2.54. The normalized spacial score (nSPS) is 23.8. The molecule has 2 saturated carbocycles. The van der Waals surface area contributed by atoms with Crippen molar-refractivity contribution in [3.63, 3.8) is 0 Å². The number of rotatable bonds is 12.